The minimum atomic E-state index is -0.0132. The van der Waals surface area contributed by atoms with Crippen molar-refractivity contribution in [1.82, 2.24) is 0 Å². The van der Waals surface area contributed by atoms with Gasteiger partial charge in [-0.1, -0.05) is 230 Å². The molecule has 0 spiro atoms. The predicted octanol–water partition coefficient (Wildman–Crippen LogP) is 20.2. The Balaban J connectivity index is 1.10. The Morgan fingerprint density at radius 2 is 0.814 bits per heavy atom. The molecule has 0 N–H and O–H groups in total. The highest BCUT2D eigenvalue weighted by atomic mass is 32.1. The van der Waals surface area contributed by atoms with E-state index in [2.05, 4.69) is 271 Å². The average Bonchev–Trinajstić information content (AvgIpc) is 3.77. The maximum absolute atomic E-state index is 2.51. The largest absolute Gasteiger partial charge is 0.309 e. The van der Waals surface area contributed by atoms with Crippen LogP contribution in [0.1, 0.15) is 52.7 Å². The van der Waals surface area contributed by atoms with E-state index >= 15 is 0 Å². The van der Waals surface area contributed by atoms with E-state index in [0.717, 1.165) is 17.1 Å². The summed E-state index contributed by atoms with van der Waals surface area (Å²) in [4.78, 5) is 2.51. The van der Waals surface area contributed by atoms with Crippen LogP contribution in [0.4, 0.5) is 17.1 Å². The second-order valence-corrected chi connectivity index (χ2v) is 22.0. The summed E-state index contributed by atoms with van der Waals surface area (Å²) in [6.45, 7) is 14.0. The summed E-state index contributed by atoms with van der Waals surface area (Å²) in [6, 6.07) is 83.9. The van der Waals surface area contributed by atoms with E-state index in [1.165, 1.54) is 108 Å². The molecular formula is C68H55NS. The Labute approximate surface area is 416 Å². The quantitative estimate of drug-likeness (QED) is 0.144. The first-order valence-electron chi connectivity index (χ1n) is 24.6. The zero-order valence-corrected chi connectivity index (χ0v) is 41.5. The van der Waals surface area contributed by atoms with Gasteiger partial charge in [-0.3, -0.25) is 0 Å². The van der Waals surface area contributed by atoms with Gasteiger partial charge >= 0.3 is 0 Å². The first-order valence-corrected chi connectivity index (χ1v) is 25.4. The van der Waals surface area contributed by atoms with Gasteiger partial charge in [0, 0.05) is 37.0 Å². The first kappa shape index (κ1) is 43.5. The van der Waals surface area contributed by atoms with E-state index in [9.17, 15) is 0 Å². The molecule has 70 heavy (non-hydrogen) atoms. The molecule has 0 fully saturated rings. The molecule has 0 saturated heterocycles. The summed E-state index contributed by atoms with van der Waals surface area (Å²) in [5.74, 6) is 0. The number of benzene rings is 11. The van der Waals surface area contributed by atoms with Crippen molar-refractivity contribution >= 4 is 80.9 Å². The van der Waals surface area contributed by atoms with Crippen LogP contribution in [0.2, 0.25) is 0 Å². The standard InChI is InChI=1S/C68H55NS/c1-67(2,3)48-41-47(42-49(43-48)68(4,5)6)53-26-15-20-46-21-16-30-59(65(46)53)58-24-10-13-32-62(58)69(50-38-35-45(36-39-50)52-27-18-34-64-66(52)60-25-11-14-33-63(60)70-64)61-31-12-9-23-57(61)55-29-17-28-54-51-22-8-7-19-44(51)37-40-56(54)55/h7-43H,1-6H3. The van der Waals surface area contributed by atoms with E-state index in [1.54, 1.807) is 0 Å². The molecule has 0 aliphatic rings. The number of hydrogen-bond acceptors (Lipinski definition) is 2. The summed E-state index contributed by atoms with van der Waals surface area (Å²) < 4.78 is 2.62. The highest BCUT2D eigenvalue weighted by molar-refractivity contribution is 7.25. The lowest BCUT2D eigenvalue weighted by Crippen LogP contribution is -2.16. The fraction of sp³-hybridized carbons (Fsp3) is 0.118. The number of hydrogen-bond donors (Lipinski definition) is 0. The molecule has 2 heteroatoms. The lowest BCUT2D eigenvalue weighted by molar-refractivity contribution is 0.569. The topological polar surface area (TPSA) is 3.24 Å². The van der Waals surface area contributed by atoms with Gasteiger partial charge in [0.05, 0.1) is 11.4 Å². The van der Waals surface area contributed by atoms with Gasteiger partial charge in [0.25, 0.3) is 0 Å². The molecular weight excluding hydrogens is 863 g/mol. The normalized spacial score (nSPS) is 12.1. The van der Waals surface area contributed by atoms with E-state index in [0.29, 0.717) is 0 Å². The zero-order valence-electron chi connectivity index (χ0n) is 40.7. The molecule has 0 aliphatic heterocycles. The monoisotopic (exact) mass is 917 g/mol. The lowest BCUT2D eigenvalue weighted by atomic mass is 9.78. The van der Waals surface area contributed by atoms with Crippen LogP contribution in [-0.2, 0) is 10.8 Å². The number of para-hydroxylation sites is 2. The summed E-state index contributed by atoms with van der Waals surface area (Å²) in [5, 5.41) is 10.1. The van der Waals surface area contributed by atoms with E-state index in [-0.39, 0.29) is 10.8 Å². The molecule has 0 aliphatic carbocycles. The van der Waals surface area contributed by atoms with Crippen molar-refractivity contribution in [3.05, 3.63) is 236 Å². The third kappa shape index (κ3) is 7.55. The molecule has 1 nitrogen and oxygen atoms in total. The Bertz CT molecular complexity index is 3930. The minimum absolute atomic E-state index is 0.0132. The molecule has 0 unspecified atom stereocenters. The van der Waals surface area contributed by atoms with E-state index in [1.807, 2.05) is 11.3 Å². The summed E-state index contributed by atoms with van der Waals surface area (Å²) in [7, 11) is 0. The van der Waals surface area contributed by atoms with Gasteiger partial charge in [0.2, 0.25) is 0 Å². The number of rotatable bonds is 7. The summed E-state index contributed by atoms with van der Waals surface area (Å²) in [5.41, 5.74) is 15.7. The van der Waals surface area contributed by atoms with Gasteiger partial charge in [-0.25, -0.2) is 0 Å². The first-order chi connectivity index (χ1) is 34.0. The molecule has 0 bridgehead atoms. The third-order valence-electron chi connectivity index (χ3n) is 14.4. The van der Waals surface area contributed by atoms with Gasteiger partial charge in [-0.05, 0) is 124 Å². The van der Waals surface area contributed by atoms with Crippen LogP contribution < -0.4 is 4.90 Å². The van der Waals surface area contributed by atoms with Crippen LogP contribution in [-0.4, -0.2) is 0 Å². The molecule has 0 amide bonds. The highest BCUT2D eigenvalue weighted by Gasteiger charge is 2.25. The van der Waals surface area contributed by atoms with Crippen LogP contribution in [0.3, 0.4) is 0 Å². The molecule has 0 saturated carbocycles. The maximum Gasteiger partial charge on any atom is 0.0540 e. The lowest BCUT2D eigenvalue weighted by Gasteiger charge is -2.31. The Hall–Kier alpha value is -7.78. The smallest absolute Gasteiger partial charge is 0.0540 e. The van der Waals surface area contributed by atoms with Crippen molar-refractivity contribution < 1.29 is 0 Å². The van der Waals surface area contributed by atoms with Crippen molar-refractivity contribution in [2.24, 2.45) is 0 Å². The van der Waals surface area contributed by atoms with Crippen LogP contribution >= 0.6 is 11.3 Å². The Morgan fingerprint density at radius 3 is 1.51 bits per heavy atom. The van der Waals surface area contributed by atoms with Crippen LogP contribution in [0.25, 0.3) is 97.0 Å². The van der Waals surface area contributed by atoms with Gasteiger partial charge < -0.3 is 4.90 Å². The van der Waals surface area contributed by atoms with Crippen molar-refractivity contribution in [3.63, 3.8) is 0 Å². The molecule has 338 valence electrons. The van der Waals surface area contributed by atoms with Crippen molar-refractivity contribution in [3.8, 4) is 44.5 Å². The Kier molecular flexibility index (Phi) is 10.6. The predicted molar refractivity (Wildman–Crippen MR) is 306 cm³/mol. The summed E-state index contributed by atoms with van der Waals surface area (Å²) in [6.07, 6.45) is 0. The van der Waals surface area contributed by atoms with Gasteiger partial charge in [-0.2, -0.15) is 0 Å². The molecule has 11 aromatic carbocycles. The van der Waals surface area contributed by atoms with Gasteiger partial charge in [-0.15, -0.1) is 11.3 Å². The number of fused-ring (bicyclic) bond motifs is 7. The van der Waals surface area contributed by atoms with E-state index < -0.39 is 0 Å². The van der Waals surface area contributed by atoms with Gasteiger partial charge in [0.1, 0.15) is 0 Å². The third-order valence-corrected chi connectivity index (χ3v) is 15.5. The molecule has 0 atom stereocenters. The average molecular weight is 918 g/mol. The number of anilines is 3. The second-order valence-electron chi connectivity index (χ2n) is 20.9. The molecule has 12 rings (SSSR count). The van der Waals surface area contributed by atoms with Crippen molar-refractivity contribution in [1.29, 1.82) is 0 Å². The van der Waals surface area contributed by atoms with Crippen LogP contribution in [0.5, 0.6) is 0 Å². The van der Waals surface area contributed by atoms with Gasteiger partial charge in [0.15, 0.2) is 0 Å². The van der Waals surface area contributed by atoms with Crippen LogP contribution in [0.15, 0.2) is 224 Å². The van der Waals surface area contributed by atoms with Crippen molar-refractivity contribution in [2.75, 3.05) is 4.90 Å². The highest BCUT2D eigenvalue weighted by Crippen LogP contribution is 2.49. The number of nitrogens with zero attached hydrogens (tertiary/aromatic N) is 1. The maximum atomic E-state index is 2.51. The molecule has 0 radical (unpaired) electrons. The fourth-order valence-corrected chi connectivity index (χ4v) is 11.9. The molecule has 1 heterocycles. The second kappa shape index (κ2) is 17.0. The number of thiophene rings is 1. The van der Waals surface area contributed by atoms with E-state index in [4.69, 9.17) is 0 Å². The zero-order chi connectivity index (χ0) is 47.7. The molecule has 1 aromatic heterocycles. The molecule has 12 aromatic rings. The fourth-order valence-electron chi connectivity index (χ4n) is 10.7. The minimum Gasteiger partial charge on any atom is -0.309 e. The van der Waals surface area contributed by atoms with Crippen LogP contribution in [0, 0.1) is 0 Å². The Morgan fingerprint density at radius 1 is 0.314 bits per heavy atom. The van der Waals surface area contributed by atoms with Crippen molar-refractivity contribution in [2.45, 2.75) is 52.4 Å². The SMILES string of the molecule is CC(C)(C)c1cc(-c2cccc3cccc(-c4ccccc4N(c4ccc(-c5cccc6sc7ccccc7c56)cc4)c4ccccc4-c4cccc5c4ccc4ccccc45)c23)cc(C(C)(C)C)c1. The summed E-state index contributed by atoms with van der Waals surface area (Å²) >= 11 is 1.87.